The van der Waals surface area contributed by atoms with E-state index in [0.717, 1.165) is 12.0 Å². The third kappa shape index (κ3) is 2.40. The Hall–Kier alpha value is -1.71. The lowest BCUT2D eigenvalue weighted by atomic mass is 10.1. The van der Waals surface area contributed by atoms with Crippen LogP contribution in [0.2, 0.25) is 0 Å². The second-order valence-electron chi connectivity index (χ2n) is 3.25. The molecule has 0 spiro atoms. The number of hydrogen-bond donors (Lipinski definition) is 0. The first-order chi connectivity index (χ1) is 7.28. The molecule has 0 aliphatic carbocycles. The van der Waals surface area contributed by atoms with Crippen LogP contribution in [0.5, 0.6) is 0 Å². The lowest BCUT2D eigenvalue weighted by Gasteiger charge is -1.95. The lowest BCUT2D eigenvalue weighted by Crippen LogP contribution is -1.88. The maximum Gasteiger partial charge on any atom is 0.220 e. The number of rotatable bonds is 3. The Balaban J connectivity index is 2.11. The molecule has 0 fully saturated rings. The molecule has 0 aliphatic heterocycles. The second kappa shape index (κ2) is 4.21. The van der Waals surface area contributed by atoms with E-state index in [4.69, 9.17) is 4.42 Å². The minimum Gasteiger partial charge on any atom is -0.425 e. The number of benzene rings is 1. The summed E-state index contributed by atoms with van der Waals surface area (Å²) >= 11 is 0. The zero-order chi connectivity index (χ0) is 10.7. The minimum absolute atomic E-state index is 0.237. The molecule has 0 N–H and O–H groups in total. The smallest absolute Gasteiger partial charge is 0.220 e. The standard InChI is InChI=1S/C11H11FN2O/c1-2-10-13-14-11(15-10)7-8-3-5-9(12)6-4-8/h3-6H,2,7H2,1H3. The zero-order valence-electron chi connectivity index (χ0n) is 8.40. The molecule has 1 aromatic carbocycles. The highest BCUT2D eigenvalue weighted by atomic mass is 19.1. The van der Waals surface area contributed by atoms with Crippen LogP contribution in [0.4, 0.5) is 4.39 Å². The monoisotopic (exact) mass is 206 g/mol. The molecule has 0 amide bonds. The molecule has 0 bridgehead atoms. The summed E-state index contributed by atoms with van der Waals surface area (Å²) in [4.78, 5) is 0. The lowest BCUT2D eigenvalue weighted by molar-refractivity contribution is 0.462. The molecule has 0 radical (unpaired) electrons. The first kappa shape index (κ1) is 9.83. The fraction of sp³-hybridized carbons (Fsp3) is 0.273. The van der Waals surface area contributed by atoms with Gasteiger partial charge in [-0.3, -0.25) is 0 Å². The Bertz CT molecular complexity index is 436. The molecule has 2 aromatic rings. The molecule has 0 unspecified atom stereocenters. The average molecular weight is 206 g/mol. The van der Waals surface area contributed by atoms with Crippen molar-refractivity contribution >= 4 is 0 Å². The van der Waals surface area contributed by atoms with Gasteiger partial charge in [0.05, 0.1) is 6.42 Å². The van der Waals surface area contributed by atoms with Gasteiger partial charge in [-0.15, -0.1) is 10.2 Å². The van der Waals surface area contributed by atoms with Crippen molar-refractivity contribution in [3.05, 3.63) is 47.4 Å². The quantitative estimate of drug-likeness (QED) is 0.773. The molecular formula is C11H11FN2O. The van der Waals surface area contributed by atoms with Gasteiger partial charge < -0.3 is 4.42 Å². The third-order valence-corrected chi connectivity index (χ3v) is 2.08. The van der Waals surface area contributed by atoms with Crippen LogP contribution in [-0.2, 0) is 12.8 Å². The SMILES string of the molecule is CCc1nnc(Cc2ccc(F)cc2)o1. The molecule has 15 heavy (non-hydrogen) atoms. The molecule has 4 heteroatoms. The van der Waals surface area contributed by atoms with Crippen LogP contribution in [0, 0.1) is 5.82 Å². The van der Waals surface area contributed by atoms with Crippen LogP contribution in [0.3, 0.4) is 0 Å². The summed E-state index contributed by atoms with van der Waals surface area (Å²) < 4.78 is 18.0. The third-order valence-electron chi connectivity index (χ3n) is 2.08. The summed E-state index contributed by atoms with van der Waals surface area (Å²) in [5, 5.41) is 7.75. The Morgan fingerprint density at radius 3 is 2.40 bits per heavy atom. The minimum atomic E-state index is -0.237. The Morgan fingerprint density at radius 2 is 1.80 bits per heavy atom. The van der Waals surface area contributed by atoms with E-state index in [9.17, 15) is 4.39 Å². The van der Waals surface area contributed by atoms with Gasteiger partial charge in [0.1, 0.15) is 5.82 Å². The predicted octanol–water partition coefficient (Wildman–Crippen LogP) is 2.36. The maximum absolute atomic E-state index is 12.6. The Labute approximate surface area is 87.0 Å². The van der Waals surface area contributed by atoms with Crippen molar-refractivity contribution in [2.75, 3.05) is 0 Å². The molecule has 3 nitrogen and oxygen atoms in total. The number of halogens is 1. The van der Waals surface area contributed by atoms with Gasteiger partial charge in [-0.2, -0.15) is 0 Å². The number of nitrogens with zero attached hydrogens (tertiary/aromatic N) is 2. The molecule has 0 saturated heterocycles. The number of aromatic nitrogens is 2. The van der Waals surface area contributed by atoms with Crippen LogP contribution in [0.15, 0.2) is 28.7 Å². The van der Waals surface area contributed by atoms with E-state index in [2.05, 4.69) is 10.2 Å². The van der Waals surface area contributed by atoms with E-state index in [-0.39, 0.29) is 5.82 Å². The summed E-state index contributed by atoms with van der Waals surface area (Å²) in [5.41, 5.74) is 0.961. The first-order valence-corrected chi connectivity index (χ1v) is 4.83. The highest BCUT2D eigenvalue weighted by Gasteiger charge is 2.05. The van der Waals surface area contributed by atoms with E-state index in [1.165, 1.54) is 12.1 Å². The van der Waals surface area contributed by atoms with Gasteiger partial charge in [-0.1, -0.05) is 19.1 Å². The molecular weight excluding hydrogens is 195 g/mol. The average Bonchev–Trinajstić information content (AvgIpc) is 2.69. The summed E-state index contributed by atoms with van der Waals surface area (Å²) in [6, 6.07) is 6.27. The molecule has 1 heterocycles. The van der Waals surface area contributed by atoms with Crippen LogP contribution >= 0.6 is 0 Å². The van der Waals surface area contributed by atoms with E-state index in [0.29, 0.717) is 18.2 Å². The molecule has 2 rings (SSSR count). The fourth-order valence-corrected chi connectivity index (χ4v) is 1.28. The Morgan fingerprint density at radius 1 is 1.13 bits per heavy atom. The number of aryl methyl sites for hydroxylation is 1. The van der Waals surface area contributed by atoms with E-state index < -0.39 is 0 Å². The zero-order valence-corrected chi connectivity index (χ0v) is 8.40. The van der Waals surface area contributed by atoms with E-state index >= 15 is 0 Å². The highest BCUT2D eigenvalue weighted by Crippen LogP contribution is 2.09. The van der Waals surface area contributed by atoms with Crippen molar-refractivity contribution in [1.29, 1.82) is 0 Å². The highest BCUT2D eigenvalue weighted by molar-refractivity contribution is 5.18. The van der Waals surface area contributed by atoms with Gasteiger partial charge in [0.2, 0.25) is 11.8 Å². The summed E-state index contributed by atoms with van der Waals surface area (Å²) in [7, 11) is 0. The van der Waals surface area contributed by atoms with Crippen LogP contribution in [0.25, 0.3) is 0 Å². The summed E-state index contributed by atoms with van der Waals surface area (Å²) in [6.07, 6.45) is 1.28. The van der Waals surface area contributed by atoms with Crippen LogP contribution < -0.4 is 0 Å². The molecule has 0 atom stereocenters. The van der Waals surface area contributed by atoms with Crippen LogP contribution in [-0.4, -0.2) is 10.2 Å². The van der Waals surface area contributed by atoms with Gasteiger partial charge in [0.15, 0.2) is 0 Å². The van der Waals surface area contributed by atoms with Gasteiger partial charge in [-0.05, 0) is 17.7 Å². The van der Waals surface area contributed by atoms with Gasteiger partial charge in [-0.25, -0.2) is 4.39 Å². The normalized spacial score (nSPS) is 10.5. The first-order valence-electron chi connectivity index (χ1n) is 4.83. The molecule has 1 aromatic heterocycles. The van der Waals surface area contributed by atoms with Crippen molar-refractivity contribution < 1.29 is 8.81 Å². The summed E-state index contributed by atoms with van der Waals surface area (Å²) in [6.45, 7) is 1.95. The largest absolute Gasteiger partial charge is 0.425 e. The second-order valence-corrected chi connectivity index (χ2v) is 3.25. The van der Waals surface area contributed by atoms with Gasteiger partial charge in [0.25, 0.3) is 0 Å². The molecule has 0 saturated carbocycles. The van der Waals surface area contributed by atoms with E-state index in [1.807, 2.05) is 6.92 Å². The van der Waals surface area contributed by atoms with Crippen molar-refractivity contribution in [2.45, 2.75) is 19.8 Å². The van der Waals surface area contributed by atoms with Gasteiger partial charge in [0, 0.05) is 6.42 Å². The van der Waals surface area contributed by atoms with Crippen LogP contribution in [0.1, 0.15) is 24.3 Å². The molecule has 0 aliphatic rings. The van der Waals surface area contributed by atoms with Crippen molar-refractivity contribution in [3.63, 3.8) is 0 Å². The Kier molecular flexibility index (Phi) is 2.76. The van der Waals surface area contributed by atoms with Crippen molar-refractivity contribution in [1.82, 2.24) is 10.2 Å². The van der Waals surface area contributed by atoms with E-state index in [1.54, 1.807) is 12.1 Å². The number of hydrogen-bond acceptors (Lipinski definition) is 3. The van der Waals surface area contributed by atoms with Gasteiger partial charge >= 0.3 is 0 Å². The molecule has 78 valence electrons. The van der Waals surface area contributed by atoms with Crippen molar-refractivity contribution in [2.24, 2.45) is 0 Å². The fourth-order valence-electron chi connectivity index (χ4n) is 1.28. The predicted molar refractivity (Wildman–Crippen MR) is 52.9 cm³/mol. The summed E-state index contributed by atoms with van der Waals surface area (Å²) in [5.74, 6) is 0.962. The van der Waals surface area contributed by atoms with Crippen molar-refractivity contribution in [3.8, 4) is 0 Å². The maximum atomic E-state index is 12.6. The topological polar surface area (TPSA) is 38.9 Å².